The summed E-state index contributed by atoms with van der Waals surface area (Å²) >= 11 is 0. The van der Waals surface area contributed by atoms with Crippen LogP contribution in [0.3, 0.4) is 0 Å². The number of hydrogen-bond donors (Lipinski definition) is 4. The van der Waals surface area contributed by atoms with E-state index in [2.05, 4.69) is 16.0 Å². The van der Waals surface area contributed by atoms with E-state index in [0.29, 0.717) is 17.8 Å². The van der Waals surface area contributed by atoms with Gasteiger partial charge in [-0.05, 0) is 30.7 Å². The van der Waals surface area contributed by atoms with Crippen LogP contribution in [0.25, 0.3) is 0 Å². The lowest BCUT2D eigenvalue weighted by molar-refractivity contribution is -0.117. The molecule has 6 nitrogen and oxygen atoms in total. The number of benzene rings is 1. The topological polar surface area (TPSA) is 90.5 Å². The van der Waals surface area contributed by atoms with Crippen molar-refractivity contribution in [3.05, 3.63) is 24.3 Å². The van der Waals surface area contributed by atoms with Gasteiger partial charge in [-0.3, -0.25) is 9.59 Å². The fourth-order valence-corrected chi connectivity index (χ4v) is 2.51. The average molecular weight is 305 g/mol. The Morgan fingerprint density at radius 2 is 1.73 bits per heavy atom. The highest BCUT2D eigenvalue weighted by atomic mass is 16.3. The maximum Gasteiger partial charge on any atom is 0.238 e. The summed E-state index contributed by atoms with van der Waals surface area (Å²) in [5.74, 6) is -0.268. The number of aliphatic hydroxyl groups is 1. The molecular weight excluding hydrogens is 282 g/mol. The highest BCUT2D eigenvalue weighted by Gasteiger charge is 2.46. The molecule has 0 spiro atoms. The van der Waals surface area contributed by atoms with E-state index in [0.717, 1.165) is 0 Å². The summed E-state index contributed by atoms with van der Waals surface area (Å²) in [7, 11) is 0. The van der Waals surface area contributed by atoms with Gasteiger partial charge in [0.2, 0.25) is 11.8 Å². The third-order valence-corrected chi connectivity index (χ3v) is 4.21. The first-order valence-electron chi connectivity index (χ1n) is 7.38. The lowest BCUT2D eigenvalue weighted by Gasteiger charge is -2.49. The molecule has 1 aromatic carbocycles. The number of anilines is 2. The van der Waals surface area contributed by atoms with Crippen LogP contribution in [0.1, 0.15) is 27.2 Å². The normalized spacial score (nSPS) is 22.5. The van der Waals surface area contributed by atoms with Crippen molar-refractivity contribution in [1.29, 1.82) is 0 Å². The summed E-state index contributed by atoms with van der Waals surface area (Å²) in [4.78, 5) is 22.8. The molecule has 1 saturated carbocycles. The van der Waals surface area contributed by atoms with Gasteiger partial charge in [-0.15, -0.1) is 0 Å². The molecule has 1 fully saturated rings. The Morgan fingerprint density at radius 3 is 2.18 bits per heavy atom. The second-order valence-electron chi connectivity index (χ2n) is 6.31. The summed E-state index contributed by atoms with van der Waals surface area (Å²) in [5.41, 5.74) is 1.17. The zero-order valence-electron chi connectivity index (χ0n) is 13.1. The van der Waals surface area contributed by atoms with Crippen molar-refractivity contribution in [2.45, 2.75) is 39.3 Å². The second kappa shape index (κ2) is 6.46. The van der Waals surface area contributed by atoms with E-state index in [9.17, 15) is 14.7 Å². The number of carbonyl (C=O) groups excluding carboxylic acids is 2. The SMILES string of the molecule is CC(=O)Nc1ccc(NC(=O)CNC2CC(O)C2(C)C)cc1. The highest BCUT2D eigenvalue weighted by Crippen LogP contribution is 2.40. The standard InChI is InChI=1S/C16H23N3O3/c1-10(20)18-11-4-6-12(7-5-11)19-15(22)9-17-13-8-14(21)16(13,2)3/h4-7,13-14,17,21H,8-9H2,1-3H3,(H,18,20)(H,19,22). The highest BCUT2D eigenvalue weighted by molar-refractivity contribution is 5.93. The Hall–Kier alpha value is -1.92. The third-order valence-electron chi connectivity index (χ3n) is 4.21. The summed E-state index contributed by atoms with van der Waals surface area (Å²) in [6.45, 7) is 5.61. The van der Waals surface area contributed by atoms with E-state index >= 15 is 0 Å². The van der Waals surface area contributed by atoms with Crippen LogP contribution in [0.5, 0.6) is 0 Å². The van der Waals surface area contributed by atoms with Crippen molar-refractivity contribution in [3.8, 4) is 0 Å². The Bertz CT molecular complexity index is 554. The molecule has 120 valence electrons. The van der Waals surface area contributed by atoms with Gasteiger partial charge in [0.1, 0.15) is 0 Å². The van der Waals surface area contributed by atoms with Gasteiger partial charge in [-0.2, -0.15) is 0 Å². The van der Waals surface area contributed by atoms with Crippen molar-refractivity contribution in [2.75, 3.05) is 17.2 Å². The van der Waals surface area contributed by atoms with Gasteiger partial charge in [0.15, 0.2) is 0 Å². The minimum absolute atomic E-state index is 0.133. The molecule has 2 amide bonds. The largest absolute Gasteiger partial charge is 0.392 e. The lowest BCUT2D eigenvalue weighted by Crippen LogP contribution is -2.60. The summed E-state index contributed by atoms with van der Waals surface area (Å²) in [5, 5.41) is 18.3. The monoisotopic (exact) mass is 305 g/mol. The Balaban J connectivity index is 1.79. The first-order valence-corrected chi connectivity index (χ1v) is 7.38. The van der Waals surface area contributed by atoms with Crippen LogP contribution in [0, 0.1) is 5.41 Å². The first-order chi connectivity index (χ1) is 10.3. The number of nitrogens with one attached hydrogen (secondary N) is 3. The van der Waals surface area contributed by atoms with Gasteiger partial charge in [-0.25, -0.2) is 0 Å². The van der Waals surface area contributed by atoms with Crippen molar-refractivity contribution in [1.82, 2.24) is 5.32 Å². The van der Waals surface area contributed by atoms with E-state index in [1.165, 1.54) is 6.92 Å². The first kappa shape index (κ1) is 16.5. The number of aliphatic hydroxyl groups excluding tert-OH is 1. The van der Waals surface area contributed by atoms with E-state index in [1.54, 1.807) is 24.3 Å². The van der Waals surface area contributed by atoms with E-state index in [1.807, 2.05) is 13.8 Å². The molecule has 2 atom stereocenters. The average Bonchev–Trinajstić information content (AvgIpc) is 2.44. The summed E-state index contributed by atoms with van der Waals surface area (Å²) in [6.07, 6.45) is 0.362. The molecule has 1 aliphatic carbocycles. The van der Waals surface area contributed by atoms with Gasteiger partial charge in [0, 0.05) is 29.8 Å². The van der Waals surface area contributed by atoms with Crippen molar-refractivity contribution < 1.29 is 14.7 Å². The van der Waals surface area contributed by atoms with Crippen LogP contribution in [-0.2, 0) is 9.59 Å². The predicted molar refractivity (Wildman–Crippen MR) is 85.6 cm³/mol. The van der Waals surface area contributed by atoms with Crippen LogP contribution in [0.4, 0.5) is 11.4 Å². The van der Waals surface area contributed by atoms with E-state index < -0.39 is 0 Å². The molecule has 0 aliphatic heterocycles. The molecule has 4 N–H and O–H groups in total. The van der Waals surface area contributed by atoms with Gasteiger partial charge >= 0.3 is 0 Å². The molecular formula is C16H23N3O3. The molecule has 0 saturated heterocycles. The lowest BCUT2D eigenvalue weighted by atomic mass is 9.64. The van der Waals surface area contributed by atoms with Gasteiger partial charge in [0.05, 0.1) is 12.6 Å². The summed E-state index contributed by atoms with van der Waals surface area (Å²) in [6, 6.07) is 7.09. The minimum Gasteiger partial charge on any atom is -0.392 e. The molecule has 0 aromatic heterocycles. The number of rotatable bonds is 5. The summed E-state index contributed by atoms with van der Waals surface area (Å²) < 4.78 is 0. The Morgan fingerprint density at radius 1 is 1.18 bits per heavy atom. The number of hydrogen-bond acceptors (Lipinski definition) is 4. The molecule has 0 heterocycles. The molecule has 0 bridgehead atoms. The van der Waals surface area contributed by atoms with Crippen molar-refractivity contribution >= 4 is 23.2 Å². The third kappa shape index (κ3) is 3.84. The zero-order chi connectivity index (χ0) is 16.3. The van der Waals surface area contributed by atoms with Crippen molar-refractivity contribution in [2.24, 2.45) is 5.41 Å². The predicted octanol–water partition coefficient (Wildman–Crippen LogP) is 1.33. The zero-order valence-corrected chi connectivity index (χ0v) is 13.1. The Kier molecular flexibility index (Phi) is 4.83. The second-order valence-corrected chi connectivity index (χ2v) is 6.31. The quantitative estimate of drug-likeness (QED) is 0.660. The minimum atomic E-state index is -0.311. The van der Waals surface area contributed by atoms with Crippen LogP contribution < -0.4 is 16.0 Å². The number of carbonyl (C=O) groups is 2. The van der Waals surface area contributed by atoms with Crippen LogP contribution in [-0.4, -0.2) is 35.6 Å². The molecule has 6 heteroatoms. The van der Waals surface area contributed by atoms with Crippen LogP contribution >= 0.6 is 0 Å². The Labute approximate surface area is 130 Å². The smallest absolute Gasteiger partial charge is 0.238 e. The van der Waals surface area contributed by atoms with Crippen LogP contribution in [0.15, 0.2) is 24.3 Å². The molecule has 22 heavy (non-hydrogen) atoms. The van der Waals surface area contributed by atoms with Crippen molar-refractivity contribution in [3.63, 3.8) is 0 Å². The van der Waals surface area contributed by atoms with Crippen LogP contribution in [0.2, 0.25) is 0 Å². The molecule has 1 aliphatic rings. The molecule has 2 rings (SSSR count). The van der Waals surface area contributed by atoms with E-state index in [-0.39, 0.29) is 35.9 Å². The fraction of sp³-hybridized carbons (Fsp3) is 0.500. The fourth-order valence-electron chi connectivity index (χ4n) is 2.51. The van der Waals surface area contributed by atoms with E-state index in [4.69, 9.17) is 0 Å². The maximum absolute atomic E-state index is 11.9. The molecule has 2 unspecified atom stereocenters. The maximum atomic E-state index is 11.9. The van der Waals surface area contributed by atoms with Gasteiger partial charge in [-0.1, -0.05) is 13.8 Å². The van der Waals surface area contributed by atoms with Gasteiger partial charge < -0.3 is 21.1 Å². The molecule has 1 aromatic rings. The molecule has 0 radical (unpaired) electrons. The van der Waals surface area contributed by atoms with Gasteiger partial charge in [0.25, 0.3) is 0 Å². The number of amides is 2.